The van der Waals surface area contributed by atoms with Crippen molar-refractivity contribution in [1.29, 1.82) is 0 Å². The van der Waals surface area contributed by atoms with E-state index in [9.17, 15) is 9.18 Å². The summed E-state index contributed by atoms with van der Waals surface area (Å²) in [7, 11) is 0. The van der Waals surface area contributed by atoms with Gasteiger partial charge in [0.1, 0.15) is 5.82 Å². The Labute approximate surface area is 201 Å². The second-order valence-corrected chi connectivity index (χ2v) is 8.13. The minimum atomic E-state index is -0.541. The lowest BCUT2D eigenvalue weighted by molar-refractivity contribution is 0.100. The van der Waals surface area contributed by atoms with Gasteiger partial charge in [-0.1, -0.05) is 12.1 Å². The van der Waals surface area contributed by atoms with Crippen LogP contribution in [0, 0.1) is 12.7 Å². The van der Waals surface area contributed by atoms with E-state index in [4.69, 9.17) is 5.73 Å². The molecule has 0 unspecified atom stereocenters. The molecule has 0 bridgehead atoms. The second kappa shape index (κ2) is 9.23. The maximum atomic E-state index is 14.0. The van der Waals surface area contributed by atoms with Crippen molar-refractivity contribution in [3.8, 4) is 11.1 Å². The summed E-state index contributed by atoms with van der Waals surface area (Å²) in [6.07, 6.45) is 5.08. The number of carbonyl (C=O) groups excluding carboxylic acids is 1. The molecule has 5 aromatic rings. The molecule has 0 fully saturated rings. The molecule has 0 radical (unpaired) electrons. The molecule has 0 saturated heterocycles. The van der Waals surface area contributed by atoms with Gasteiger partial charge in [-0.2, -0.15) is 0 Å². The molecule has 4 N–H and O–H groups in total. The van der Waals surface area contributed by atoms with Gasteiger partial charge in [0.2, 0.25) is 5.91 Å². The van der Waals surface area contributed by atoms with Gasteiger partial charge in [-0.3, -0.25) is 14.8 Å². The third-order valence-electron chi connectivity index (χ3n) is 5.78. The van der Waals surface area contributed by atoms with Crippen LogP contribution in [0.15, 0.2) is 91.4 Å². The Hall–Kier alpha value is -4.78. The summed E-state index contributed by atoms with van der Waals surface area (Å²) in [5.74, 6) is -0.897. The molecule has 2 heterocycles. The first kappa shape index (κ1) is 22.0. The van der Waals surface area contributed by atoms with Gasteiger partial charge in [-0.25, -0.2) is 4.39 Å². The standard InChI is InChI=1S/C28H22FN5O/c1-17-5-7-20(33-19-9-12-31-13-10-19)16-22(17)27-21(28(30)35)3-2-4-26(27)34-25-11-14-32-24-8-6-18(29)15-23(24)25/h2-16H,1H3,(H2,30,35)(H,31,33)(H,32,34). The van der Waals surface area contributed by atoms with E-state index in [1.807, 2.05) is 43.3 Å². The maximum absolute atomic E-state index is 14.0. The number of nitrogens with one attached hydrogen (secondary N) is 2. The summed E-state index contributed by atoms with van der Waals surface area (Å²) in [4.78, 5) is 20.8. The molecular formula is C28H22FN5O. The maximum Gasteiger partial charge on any atom is 0.249 e. The molecule has 0 aliphatic carbocycles. The molecule has 0 saturated carbocycles. The molecule has 3 aromatic carbocycles. The lowest BCUT2D eigenvalue weighted by Gasteiger charge is -2.19. The lowest BCUT2D eigenvalue weighted by Crippen LogP contribution is -2.13. The van der Waals surface area contributed by atoms with Crippen LogP contribution in [0.3, 0.4) is 0 Å². The largest absolute Gasteiger partial charge is 0.366 e. The van der Waals surface area contributed by atoms with E-state index in [0.717, 1.165) is 22.5 Å². The number of nitrogens with two attached hydrogens (primary N) is 1. The van der Waals surface area contributed by atoms with Gasteiger partial charge in [0.05, 0.1) is 5.52 Å². The molecule has 7 heteroatoms. The zero-order valence-electron chi connectivity index (χ0n) is 18.9. The first-order valence-corrected chi connectivity index (χ1v) is 11.0. The Morgan fingerprint density at radius 2 is 1.69 bits per heavy atom. The summed E-state index contributed by atoms with van der Waals surface area (Å²) < 4.78 is 14.0. The van der Waals surface area contributed by atoms with Gasteiger partial charge in [-0.05, 0) is 78.7 Å². The Balaban J connectivity index is 1.65. The average molecular weight is 464 g/mol. The van der Waals surface area contributed by atoms with E-state index < -0.39 is 5.91 Å². The minimum absolute atomic E-state index is 0.356. The molecule has 6 nitrogen and oxygen atoms in total. The highest BCUT2D eigenvalue weighted by Gasteiger charge is 2.18. The lowest BCUT2D eigenvalue weighted by atomic mass is 9.93. The monoisotopic (exact) mass is 463 g/mol. The third kappa shape index (κ3) is 4.52. The van der Waals surface area contributed by atoms with Crippen molar-refractivity contribution in [2.45, 2.75) is 6.92 Å². The third-order valence-corrected chi connectivity index (χ3v) is 5.78. The van der Waals surface area contributed by atoms with Gasteiger partial charge < -0.3 is 16.4 Å². The summed E-state index contributed by atoms with van der Waals surface area (Å²) >= 11 is 0. The van der Waals surface area contributed by atoms with Crippen LogP contribution in [0.2, 0.25) is 0 Å². The van der Waals surface area contributed by atoms with Crippen molar-refractivity contribution in [2.24, 2.45) is 5.73 Å². The van der Waals surface area contributed by atoms with Crippen molar-refractivity contribution in [2.75, 3.05) is 10.6 Å². The summed E-state index contributed by atoms with van der Waals surface area (Å²) in [5, 5.41) is 7.38. The fourth-order valence-electron chi connectivity index (χ4n) is 4.10. The number of rotatable bonds is 6. The highest BCUT2D eigenvalue weighted by atomic mass is 19.1. The highest BCUT2D eigenvalue weighted by molar-refractivity contribution is 6.05. The number of nitrogens with zero attached hydrogens (tertiary/aromatic N) is 2. The number of amides is 1. The van der Waals surface area contributed by atoms with Crippen LogP contribution in [0.5, 0.6) is 0 Å². The van der Waals surface area contributed by atoms with Crippen molar-refractivity contribution in [1.82, 2.24) is 9.97 Å². The van der Waals surface area contributed by atoms with E-state index in [-0.39, 0.29) is 5.82 Å². The van der Waals surface area contributed by atoms with E-state index in [0.29, 0.717) is 33.4 Å². The first-order valence-electron chi connectivity index (χ1n) is 11.0. The fourth-order valence-corrected chi connectivity index (χ4v) is 4.10. The van der Waals surface area contributed by atoms with Crippen molar-refractivity contribution >= 4 is 39.6 Å². The predicted molar refractivity (Wildman–Crippen MR) is 138 cm³/mol. The molecule has 1 amide bonds. The number of anilines is 4. The number of aryl methyl sites for hydroxylation is 1. The van der Waals surface area contributed by atoms with E-state index >= 15 is 0 Å². The van der Waals surface area contributed by atoms with Crippen LogP contribution >= 0.6 is 0 Å². The zero-order chi connectivity index (χ0) is 24.4. The van der Waals surface area contributed by atoms with E-state index in [1.165, 1.54) is 12.1 Å². The Bertz CT molecular complexity index is 1550. The van der Waals surface area contributed by atoms with Crippen molar-refractivity contribution < 1.29 is 9.18 Å². The van der Waals surface area contributed by atoms with Crippen LogP contribution in [0.25, 0.3) is 22.0 Å². The Morgan fingerprint density at radius 3 is 2.49 bits per heavy atom. The molecule has 2 aromatic heterocycles. The number of hydrogen-bond acceptors (Lipinski definition) is 5. The van der Waals surface area contributed by atoms with Crippen LogP contribution < -0.4 is 16.4 Å². The summed E-state index contributed by atoms with van der Waals surface area (Å²) in [6, 6.07) is 21.2. The molecule has 5 rings (SSSR count). The van der Waals surface area contributed by atoms with E-state index in [1.54, 1.807) is 42.9 Å². The van der Waals surface area contributed by atoms with Crippen LogP contribution in [0.4, 0.5) is 27.1 Å². The second-order valence-electron chi connectivity index (χ2n) is 8.13. The molecule has 0 spiro atoms. The fraction of sp³-hybridized carbons (Fsp3) is 0.0357. The Kier molecular flexibility index (Phi) is 5.81. The summed E-state index contributed by atoms with van der Waals surface area (Å²) in [6.45, 7) is 1.98. The average Bonchev–Trinajstić information content (AvgIpc) is 2.86. The molecule has 172 valence electrons. The van der Waals surface area contributed by atoms with Crippen LogP contribution in [-0.2, 0) is 0 Å². The van der Waals surface area contributed by atoms with Gasteiger partial charge in [0.15, 0.2) is 0 Å². The normalized spacial score (nSPS) is 10.8. The smallest absolute Gasteiger partial charge is 0.249 e. The van der Waals surface area contributed by atoms with E-state index in [2.05, 4.69) is 20.6 Å². The quantitative estimate of drug-likeness (QED) is 0.274. The number of hydrogen-bond donors (Lipinski definition) is 3. The van der Waals surface area contributed by atoms with Gasteiger partial charge in [0, 0.05) is 57.9 Å². The molecule has 0 atom stereocenters. The van der Waals surface area contributed by atoms with Crippen molar-refractivity contribution in [3.05, 3.63) is 108 Å². The summed E-state index contributed by atoms with van der Waals surface area (Å²) in [5.41, 5.74) is 12.4. The first-order chi connectivity index (χ1) is 17.0. The number of benzene rings is 3. The number of fused-ring (bicyclic) bond motifs is 1. The SMILES string of the molecule is Cc1ccc(Nc2ccncc2)cc1-c1c(Nc2ccnc3ccc(F)cc23)cccc1C(N)=O. The van der Waals surface area contributed by atoms with Crippen LogP contribution in [0.1, 0.15) is 15.9 Å². The van der Waals surface area contributed by atoms with Gasteiger partial charge in [-0.15, -0.1) is 0 Å². The topological polar surface area (TPSA) is 92.9 Å². The number of primary amides is 1. The molecule has 35 heavy (non-hydrogen) atoms. The number of carbonyl (C=O) groups is 1. The van der Waals surface area contributed by atoms with Gasteiger partial charge in [0.25, 0.3) is 0 Å². The Morgan fingerprint density at radius 1 is 0.857 bits per heavy atom. The number of aromatic nitrogens is 2. The van der Waals surface area contributed by atoms with Gasteiger partial charge >= 0.3 is 0 Å². The number of pyridine rings is 2. The zero-order valence-corrected chi connectivity index (χ0v) is 18.9. The van der Waals surface area contributed by atoms with Crippen molar-refractivity contribution in [3.63, 3.8) is 0 Å². The molecular weight excluding hydrogens is 441 g/mol. The molecule has 0 aliphatic rings. The minimum Gasteiger partial charge on any atom is -0.366 e. The van der Waals surface area contributed by atoms with Crippen LogP contribution in [-0.4, -0.2) is 15.9 Å². The highest BCUT2D eigenvalue weighted by Crippen LogP contribution is 2.38. The number of halogens is 1. The molecule has 0 aliphatic heterocycles. The predicted octanol–water partition coefficient (Wildman–Crippen LogP) is 6.33.